The molecular weight excluding hydrogens is 298 g/mol. The molecule has 1 aromatic rings. The summed E-state index contributed by atoms with van der Waals surface area (Å²) in [6.07, 6.45) is 1.41. The lowest BCUT2D eigenvalue weighted by Crippen LogP contribution is -2.01. The van der Waals surface area contributed by atoms with Gasteiger partial charge in [0.25, 0.3) is 5.91 Å². The van der Waals surface area contributed by atoms with Gasteiger partial charge < -0.3 is 15.6 Å². The number of hydrogen-bond acceptors (Lipinski definition) is 7. The summed E-state index contributed by atoms with van der Waals surface area (Å²) in [4.78, 5) is 25.5. The van der Waals surface area contributed by atoms with Crippen LogP contribution in [0.15, 0.2) is 22.0 Å². The van der Waals surface area contributed by atoms with E-state index in [9.17, 15) is 20.0 Å². The first-order chi connectivity index (χ1) is 9.92. The molecule has 9 heteroatoms. The monoisotopic (exact) mass is 309 g/mol. The number of hydrogen-bond donors (Lipinski definition) is 2. The molecule has 0 saturated carbocycles. The second-order valence-electron chi connectivity index (χ2n) is 3.94. The summed E-state index contributed by atoms with van der Waals surface area (Å²) in [5.41, 5.74) is 5.26. The van der Waals surface area contributed by atoms with Crippen LogP contribution in [-0.2, 0) is 4.79 Å². The number of carbonyl (C=O) groups excluding carboxylic acids is 1. The van der Waals surface area contributed by atoms with Crippen molar-refractivity contribution in [3.05, 3.63) is 32.7 Å². The molecule has 1 aliphatic rings. The summed E-state index contributed by atoms with van der Waals surface area (Å²) in [6, 6.07) is 2.55. The van der Waals surface area contributed by atoms with Crippen LogP contribution < -0.4 is 10.5 Å². The Hall–Kier alpha value is -2.55. The fourth-order valence-corrected chi connectivity index (χ4v) is 2.36. The molecule has 110 valence electrons. The third kappa shape index (κ3) is 3.14. The van der Waals surface area contributed by atoms with Gasteiger partial charge in [-0.15, -0.1) is 0 Å². The van der Waals surface area contributed by atoms with Crippen molar-refractivity contribution in [2.24, 2.45) is 10.7 Å². The van der Waals surface area contributed by atoms with Gasteiger partial charge in [0.15, 0.2) is 10.9 Å². The number of rotatable bonds is 4. The molecule has 0 aromatic heterocycles. The van der Waals surface area contributed by atoms with Crippen molar-refractivity contribution < 1.29 is 19.6 Å². The average molecular weight is 309 g/mol. The summed E-state index contributed by atoms with van der Waals surface area (Å²) >= 11 is 0.972. The fourth-order valence-electron chi connectivity index (χ4n) is 1.68. The predicted octanol–water partition coefficient (Wildman–Crippen LogP) is 1.63. The number of benzene rings is 1. The number of carbonyl (C=O) groups is 1. The minimum atomic E-state index is -0.728. The zero-order valence-electron chi connectivity index (χ0n) is 10.9. The highest BCUT2D eigenvalue weighted by Crippen LogP contribution is 2.38. The number of aromatic hydroxyl groups is 1. The quantitative estimate of drug-likeness (QED) is 0.491. The molecule has 0 radical (unpaired) electrons. The van der Waals surface area contributed by atoms with Gasteiger partial charge in [-0.1, -0.05) is 0 Å². The van der Waals surface area contributed by atoms with Crippen LogP contribution in [0, 0.1) is 10.1 Å². The molecule has 3 N–H and O–H groups in total. The Balaban J connectivity index is 2.47. The number of phenols is 1. The number of ether oxygens (including phenoxy) is 1. The van der Waals surface area contributed by atoms with E-state index in [-0.39, 0.29) is 22.4 Å². The molecular formula is C12H11N3O5S. The van der Waals surface area contributed by atoms with Crippen molar-refractivity contribution in [2.75, 3.05) is 6.61 Å². The lowest BCUT2D eigenvalue weighted by molar-refractivity contribution is -0.386. The minimum absolute atomic E-state index is 0.0251. The predicted molar refractivity (Wildman–Crippen MR) is 78.1 cm³/mol. The van der Waals surface area contributed by atoms with Crippen LogP contribution in [0.5, 0.6) is 11.5 Å². The fraction of sp³-hybridized carbons (Fsp3) is 0.167. The third-order valence-electron chi connectivity index (χ3n) is 2.51. The van der Waals surface area contributed by atoms with E-state index in [0.29, 0.717) is 5.56 Å². The van der Waals surface area contributed by atoms with Crippen LogP contribution in [0.3, 0.4) is 0 Å². The highest BCUT2D eigenvalue weighted by Gasteiger charge is 2.23. The van der Waals surface area contributed by atoms with Crippen molar-refractivity contribution in [3.63, 3.8) is 0 Å². The Morgan fingerprint density at radius 1 is 1.57 bits per heavy atom. The molecule has 0 fully saturated rings. The number of thioether (sulfide) groups is 1. The van der Waals surface area contributed by atoms with Crippen molar-refractivity contribution in [1.82, 2.24) is 0 Å². The van der Waals surface area contributed by atoms with Gasteiger partial charge in [-0.25, -0.2) is 0 Å². The van der Waals surface area contributed by atoms with Gasteiger partial charge in [-0.05, 0) is 36.4 Å². The van der Waals surface area contributed by atoms with E-state index >= 15 is 0 Å². The van der Waals surface area contributed by atoms with E-state index in [2.05, 4.69) is 4.99 Å². The first-order valence-corrected chi connectivity index (χ1v) is 6.66. The molecule has 0 spiro atoms. The number of amides is 1. The molecule has 1 aromatic carbocycles. The van der Waals surface area contributed by atoms with Crippen LogP contribution in [-0.4, -0.2) is 27.7 Å². The number of aliphatic imine (C=N–C) groups is 1. The van der Waals surface area contributed by atoms with Crippen LogP contribution in [0.4, 0.5) is 5.69 Å². The smallest absolute Gasteiger partial charge is 0.315 e. The topological polar surface area (TPSA) is 128 Å². The second kappa shape index (κ2) is 5.83. The van der Waals surface area contributed by atoms with E-state index in [4.69, 9.17) is 10.5 Å². The molecule has 0 atom stereocenters. The summed E-state index contributed by atoms with van der Waals surface area (Å²) in [6.45, 7) is 1.91. The third-order valence-corrected chi connectivity index (χ3v) is 3.32. The summed E-state index contributed by atoms with van der Waals surface area (Å²) in [7, 11) is 0. The Kier molecular flexibility index (Phi) is 4.13. The van der Waals surface area contributed by atoms with Crippen molar-refractivity contribution in [3.8, 4) is 11.5 Å². The zero-order chi connectivity index (χ0) is 15.6. The largest absolute Gasteiger partial charge is 0.500 e. The minimum Gasteiger partial charge on any atom is -0.500 e. The van der Waals surface area contributed by atoms with Crippen LogP contribution >= 0.6 is 11.8 Å². The van der Waals surface area contributed by atoms with Crippen molar-refractivity contribution in [1.29, 1.82) is 0 Å². The number of nitro groups is 1. The van der Waals surface area contributed by atoms with Gasteiger partial charge in [0, 0.05) is 6.07 Å². The normalized spacial score (nSPS) is 16.1. The summed E-state index contributed by atoms with van der Waals surface area (Å²) < 4.78 is 5.15. The Morgan fingerprint density at radius 2 is 2.29 bits per heavy atom. The second-order valence-corrected chi connectivity index (χ2v) is 5.00. The van der Waals surface area contributed by atoms with E-state index in [1.54, 1.807) is 6.92 Å². The molecule has 1 heterocycles. The standard InChI is InChI=1S/C12H11N3O5S/c1-2-20-8-4-6(3-7(10(8)16)15(18)19)5-9-11(17)14-12(13)21-9/h3-5,16H,2H2,1H3,(H2,13,14,17)/b9-5+. The Morgan fingerprint density at radius 3 is 2.81 bits per heavy atom. The van der Waals surface area contributed by atoms with E-state index in [1.165, 1.54) is 12.1 Å². The highest BCUT2D eigenvalue weighted by atomic mass is 32.2. The maximum Gasteiger partial charge on any atom is 0.315 e. The molecule has 0 saturated heterocycles. The van der Waals surface area contributed by atoms with Crippen LogP contribution in [0.25, 0.3) is 6.08 Å². The van der Waals surface area contributed by atoms with Crippen LogP contribution in [0.1, 0.15) is 12.5 Å². The van der Waals surface area contributed by atoms with E-state index < -0.39 is 22.3 Å². The number of amidine groups is 1. The van der Waals surface area contributed by atoms with Gasteiger partial charge in [-0.2, -0.15) is 4.99 Å². The Bertz CT molecular complexity index is 684. The first kappa shape index (κ1) is 14.9. The lowest BCUT2D eigenvalue weighted by atomic mass is 10.1. The van der Waals surface area contributed by atoms with Gasteiger partial charge in [0.1, 0.15) is 0 Å². The van der Waals surface area contributed by atoms with Gasteiger partial charge >= 0.3 is 5.69 Å². The van der Waals surface area contributed by atoms with Crippen molar-refractivity contribution in [2.45, 2.75) is 6.92 Å². The molecule has 0 unspecified atom stereocenters. The molecule has 8 nitrogen and oxygen atoms in total. The first-order valence-electron chi connectivity index (χ1n) is 5.84. The van der Waals surface area contributed by atoms with Gasteiger partial charge in [0.2, 0.25) is 5.75 Å². The summed E-state index contributed by atoms with van der Waals surface area (Å²) in [5.74, 6) is -1.08. The maximum atomic E-state index is 11.5. The van der Waals surface area contributed by atoms with E-state index in [0.717, 1.165) is 17.8 Å². The molecule has 21 heavy (non-hydrogen) atoms. The molecule has 1 aliphatic heterocycles. The SMILES string of the molecule is CCOc1cc(/C=C2/SC(N)=NC2=O)cc([N+](=O)[O-])c1O. The number of phenolic OH excluding ortho intramolecular Hbond substituents is 1. The molecule has 1 amide bonds. The van der Waals surface area contributed by atoms with E-state index in [1.807, 2.05) is 0 Å². The van der Waals surface area contributed by atoms with Crippen LogP contribution in [0.2, 0.25) is 0 Å². The molecule has 0 aliphatic carbocycles. The molecule has 0 bridgehead atoms. The Labute approximate surface area is 123 Å². The number of nitro benzene ring substituents is 1. The molecule has 2 rings (SSSR count). The number of nitrogens with two attached hydrogens (primary N) is 1. The average Bonchev–Trinajstić information content (AvgIpc) is 2.71. The highest BCUT2D eigenvalue weighted by molar-refractivity contribution is 8.18. The number of nitrogens with zero attached hydrogens (tertiary/aromatic N) is 2. The lowest BCUT2D eigenvalue weighted by Gasteiger charge is -2.07. The van der Waals surface area contributed by atoms with Gasteiger partial charge in [-0.3, -0.25) is 14.9 Å². The van der Waals surface area contributed by atoms with Crippen molar-refractivity contribution >= 4 is 34.6 Å². The summed E-state index contributed by atoms with van der Waals surface area (Å²) in [5, 5.41) is 20.8. The van der Waals surface area contributed by atoms with Gasteiger partial charge in [0.05, 0.1) is 16.4 Å². The maximum absolute atomic E-state index is 11.5. The zero-order valence-corrected chi connectivity index (χ0v) is 11.7.